The van der Waals surface area contributed by atoms with Gasteiger partial charge in [-0.2, -0.15) is 0 Å². The van der Waals surface area contributed by atoms with Crippen molar-refractivity contribution in [2.45, 2.75) is 90.9 Å². The van der Waals surface area contributed by atoms with Crippen molar-refractivity contribution in [1.29, 1.82) is 0 Å². The van der Waals surface area contributed by atoms with Crippen molar-refractivity contribution in [2.75, 3.05) is 26.2 Å². The minimum atomic E-state index is -0.585. The summed E-state index contributed by atoms with van der Waals surface area (Å²) < 4.78 is 0. The average Bonchev–Trinajstić information content (AvgIpc) is 2.74. The molecule has 0 aromatic carbocycles. The number of nitrogens with one attached hydrogen (secondary N) is 4. The highest BCUT2D eigenvalue weighted by atomic mass is 16.2. The Balaban J connectivity index is 3.53. The van der Waals surface area contributed by atoms with Gasteiger partial charge < -0.3 is 21.3 Å². The molecule has 0 radical (unpaired) electrons. The standard InChI is InChI=1S/C22H42N4O4/c1-3-5-7-11-15-23-19(27)21(29)25-17-13-9-10-14-18-26-22(30)20(28)24-16-12-8-6-4-2/h3-18H2,1-2H3,(H,23,27)(H,24,28)(H,25,29)(H,26,30). The van der Waals surface area contributed by atoms with Crippen LogP contribution in [-0.4, -0.2) is 49.8 Å². The van der Waals surface area contributed by atoms with E-state index in [-0.39, 0.29) is 0 Å². The van der Waals surface area contributed by atoms with Gasteiger partial charge in [0.25, 0.3) is 0 Å². The van der Waals surface area contributed by atoms with E-state index in [0.29, 0.717) is 26.2 Å². The van der Waals surface area contributed by atoms with Gasteiger partial charge >= 0.3 is 23.6 Å². The van der Waals surface area contributed by atoms with E-state index >= 15 is 0 Å². The highest BCUT2D eigenvalue weighted by molar-refractivity contribution is 6.35. The van der Waals surface area contributed by atoms with Crippen molar-refractivity contribution in [3.63, 3.8) is 0 Å². The normalized spacial score (nSPS) is 10.3. The second kappa shape index (κ2) is 20.2. The Bertz CT molecular complexity index is 454. The van der Waals surface area contributed by atoms with E-state index in [9.17, 15) is 19.2 Å². The molecular weight excluding hydrogens is 384 g/mol. The molecular formula is C22H42N4O4. The topological polar surface area (TPSA) is 116 Å². The molecule has 0 fully saturated rings. The van der Waals surface area contributed by atoms with Crippen LogP contribution < -0.4 is 21.3 Å². The first kappa shape index (κ1) is 27.9. The fourth-order valence-corrected chi connectivity index (χ4v) is 2.84. The number of carbonyl (C=O) groups excluding carboxylic acids is 4. The minimum Gasteiger partial charge on any atom is -0.348 e. The quantitative estimate of drug-likeness (QED) is 0.211. The Morgan fingerprint density at radius 3 is 0.867 bits per heavy atom. The molecule has 0 aliphatic heterocycles. The lowest BCUT2D eigenvalue weighted by atomic mass is 10.2. The summed E-state index contributed by atoms with van der Waals surface area (Å²) in [5.41, 5.74) is 0. The van der Waals surface area contributed by atoms with Crippen LogP contribution in [0.4, 0.5) is 0 Å². The molecule has 0 aliphatic rings. The van der Waals surface area contributed by atoms with Crippen LogP contribution in [0, 0.1) is 0 Å². The molecule has 0 saturated heterocycles. The molecule has 0 aliphatic carbocycles. The smallest absolute Gasteiger partial charge is 0.309 e. The first-order chi connectivity index (χ1) is 14.5. The second-order valence-electron chi connectivity index (χ2n) is 7.56. The number of carbonyl (C=O) groups is 4. The lowest BCUT2D eigenvalue weighted by Gasteiger charge is -2.07. The van der Waals surface area contributed by atoms with Crippen LogP contribution >= 0.6 is 0 Å². The Morgan fingerprint density at radius 1 is 0.400 bits per heavy atom. The summed E-state index contributed by atoms with van der Waals surface area (Å²) >= 11 is 0. The predicted molar refractivity (Wildman–Crippen MR) is 119 cm³/mol. The third-order valence-electron chi connectivity index (χ3n) is 4.72. The second-order valence-corrected chi connectivity index (χ2v) is 7.56. The molecule has 4 amide bonds. The Kier molecular flexibility index (Phi) is 18.7. The van der Waals surface area contributed by atoms with Gasteiger partial charge in [0.15, 0.2) is 0 Å². The van der Waals surface area contributed by atoms with Crippen molar-refractivity contribution < 1.29 is 19.2 Å². The molecule has 8 nitrogen and oxygen atoms in total. The fraction of sp³-hybridized carbons (Fsp3) is 0.818. The first-order valence-electron chi connectivity index (χ1n) is 11.6. The van der Waals surface area contributed by atoms with E-state index < -0.39 is 23.6 Å². The van der Waals surface area contributed by atoms with Crippen LogP contribution in [0.15, 0.2) is 0 Å². The summed E-state index contributed by atoms with van der Waals surface area (Å²) in [6.07, 6.45) is 11.7. The molecule has 174 valence electrons. The van der Waals surface area contributed by atoms with Crippen LogP contribution in [0.2, 0.25) is 0 Å². The number of hydrogen-bond donors (Lipinski definition) is 4. The minimum absolute atomic E-state index is 0.453. The molecule has 0 aromatic heterocycles. The van der Waals surface area contributed by atoms with E-state index in [2.05, 4.69) is 35.1 Å². The Hall–Kier alpha value is -2.12. The largest absolute Gasteiger partial charge is 0.348 e. The van der Waals surface area contributed by atoms with Crippen molar-refractivity contribution in [1.82, 2.24) is 21.3 Å². The van der Waals surface area contributed by atoms with Gasteiger partial charge in [0, 0.05) is 26.2 Å². The zero-order chi connectivity index (χ0) is 22.5. The van der Waals surface area contributed by atoms with Gasteiger partial charge in [-0.1, -0.05) is 65.2 Å². The first-order valence-corrected chi connectivity index (χ1v) is 11.6. The molecule has 0 spiro atoms. The summed E-state index contributed by atoms with van der Waals surface area (Å²) in [5.74, 6) is -2.31. The van der Waals surface area contributed by atoms with E-state index in [4.69, 9.17) is 0 Å². The summed E-state index contributed by atoms with van der Waals surface area (Å²) in [6, 6.07) is 0. The Labute approximate surface area is 181 Å². The van der Waals surface area contributed by atoms with Gasteiger partial charge in [-0.3, -0.25) is 19.2 Å². The van der Waals surface area contributed by atoms with Crippen molar-refractivity contribution in [2.24, 2.45) is 0 Å². The maximum absolute atomic E-state index is 11.7. The van der Waals surface area contributed by atoms with Crippen molar-refractivity contribution in [3.8, 4) is 0 Å². The van der Waals surface area contributed by atoms with Gasteiger partial charge in [0.2, 0.25) is 0 Å². The summed E-state index contributed by atoms with van der Waals surface area (Å²) in [6.45, 7) is 6.23. The molecule has 0 bridgehead atoms. The monoisotopic (exact) mass is 426 g/mol. The number of amides is 4. The summed E-state index contributed by atoms with van der Waals surface area (Å²) in [5, 5.41) is 10.5. The molecule has 0 rings (SSSR count). The lowest BCUT2D eigenvalue weighted by Crippen LogP contribution is -2.40. The van der Waals surface area contributed by atoms with E-state index in [1.807, 2.05) is 0 Å². The SMILES string of the molecule is CCCCCCNC(=O)C(=O)NCCCCCCNC(=O)C(=O)NCCCCCC. The molecule has 0 atom stereocenters. The van der Waals surface area contributed by atoms with Gasteiger partial charge in [-0.15, -0.1) is 0 Å². The van der Waals surface area contributed by atoms with Gasteiger partial charge in [0.05, 0.1) is 0 Å². The Morgan fingerprint density at radius 2 is 0.633 bits per heavy atom. The predicted octanol–water partition coefficient (Wildman–Crippen LogP) is 2.17. The van der Waals surface area contributed by atoms with Gasteiger partial charge in [0.1, 0.15) is 0 Å². The average molecular weight is 427 g/mol. The molecule has 0 aromatic rings. The summed E-state index contributed by atoms with van der Waals surface area (Å²) in [7, 11) is 0. The molecule has 8 heteroatoms. The summed E-state index contributed by atoms with van der Waals surface area (Å²) in [4.78, 5) is 46.5. The third kappa shape index (κ3) is 16.8. The van der Waals surface area contributed by atoms with E-state index in [1.54, 1.807) is 0 Å². The van der Waals surface area contributed by atoms with Crippen LogP contribution in [0.5, 0.6) is 0 Å². The van der Waals surface area contributed by atoms with Crippen LogP contribution in [0.25, 0.3) is 0 Å². The van der Waals surface area contributed by atoms with Crippen molar-refractivity contribution >= 4 is 23.6 Å². The maximum Gasteiger partial charge on any atom is 0.309 e. The highest BCUT2D eigenvalue weighted by Crippen LogP contribution is 1.99. The molecule has 4 N–H and O–H groups in total. The fourth-order valence-electron chi connectivity index (χ4n) is 2.84. The molecule has 0 unspecified atom stereocenters. The zero-order valence-electron chi connectivity index (χ0n) is 18.9. The lowest BCUT2D eigenvalue weighted by molar-refractivity contribution is -0.139. The highest BCUT2D eigenvalue weighted by Gasteiger charge is 2.12. The molecule has 0 saturated carbocycles. The van der Waals surface area contributed by atoms with Crippen LogP contribution in [0.1, 0.15) is 90.9 Å². The molecule has 0 heterocycles. The van der Waals surface area contributed by atoms with E-state index in [0.717, 1.165) is 77.0 Å². The molecule has 30 heavy (non-hydrogen) atoms. The van der Waals surface area contributed by atoms with Crippen LogP contribution in [-0.2, 0) is 19.2 Å². The van der Waals surface area contributed by atoms with Crippen molar-refractivity contribution in [3.05, 3.63) is 0 Å². The van der Waals surface area contributed by atoms with Crippen LogP contribution in [0.3, 0.4) is 0 Å². The maximum atomic E-state index is 11.7. The zero-order valence-corrected chi connectivity index (χ0v) is 18.9. The van der Waals surface area contributed by atoms with E-state index in [1.165, 1.54) is 0 Å². The van der Waals surface area contributed by atoms with Gasteiger partial charge in [-0.25, -0.2) is 0 Å². The third-order valence-corrected chi connectivity index (χ3v) is 4.72. The number of unbranched alkanes of at least 4 members (excludes halogenated alkanes) is 9. The number of hydrogen-bond acceptors (Lipinski definition) is 4. The van der Waals surface area contributed by atoms with Gasteiger partial charge in [-0.05, 0) is 25.7 Å². The number of rotatable bonds is 17.